The van der Waals surface area contributed by atoms with Gasteiger partial charge in [0.15, 0.2) is 0 Å². The summed E-state index contributed by atoms with van der Waals surface area (Å²) in [4.78, 5) is 0. The van der Waals surface area contributed by atoms with Gasteiger partial charge in [0.05, 0.1) is 0 Å². The van der Waals surface area contributed by atoms with Gasteiger partial charge in [0.2, 0.25) is 0 Å². The van der Waals surface area contributed by atoms with Crippen LogP contribution in [0.4, 0.5) is 0 Å². The molecule has 0 aliphatic rings. The van der Waals surface area contributed by atoms with Gasteiger partial charge in [-0.15, -0.1) is 0 Å². The summed E-state index contributed by atoms with van der Waals surface area (Å²) in [6.07, 6.45) is 7.50. The van der Waals surface area contributed by atoms with Crippen LogP contribution >= 0.6 is 0 Å². The Hall–Kier alpha value is -0.0800. The zero-order valence-corrected chi connectivity index (χ0v) is 6.84. The predicted octanol–water partition coefficient (Wildman–Crippen LogP) is 1.86. The molecule has 0 aromatic rings. The van der Waals surface area contributed by atoms with Crippen LogP contribution in [0.3, 0.4) is 0 Å². The molecule has 10 heavy (non-hydrogen) atoms. The highest BCUT2D eigenvalue weighted by Crippen LogP contribution is 2.03. The number of unbranched alkanes of at least 4 members (excludes halogenated alkanes) is 5. The largest absolute Gasteiger partial charge is 0.396 e. The second kappa shape index (κ2) is 11.7. The molecule has 0 fully saturated rings. The first-order valence-corrected chi connectivity index (χ1v) is 4.02. The fourth-order valence-corrected chi connectivity index (χ4v) is 0.892. The summed E-state index contributed by atoms with van der Waals surface area (Å²) in [5.41, 5.74) is 0. The molecule has 0 saturated carbocycles. The van der Waals surface area contributed by atoms with Crippen molar-refractivity contribution in [1.82, 2.24) is 6.15 Å². The van der Waals surface area contributed by atoms with Crippen molar-refractivity contribution in [3.63, 3.8) is 0 Å². The molecule has 0 rings (SSSR count). The van der Waals surface area contributed by atoms with Crippen molar-refractivity contribution in [1.29, 1.82) is 0 Å². The Labute approximate surface area is 64.2 Å². The molecular formula is C8H18NO. The minimum Gasteiger partial charge on any atom is -0.396 e. The molecule has 0 saturated heterocycles. The van der Waals surface area contributed by atoms with Gasteiger partial charge in [-0.2, -0.15) is 0 Å². The first-order chi connectivity index (χ1) is 4.41. The molecule has 61 valence electrons. The highest BCUT2D eigenvalue weighted by atomic mass is 16.2. The molecular weight excluding hydrogens is 126 g/mol. The van der Waals surface area contributed by atoms with E-state index in [1.807, 2.05) is 0 Å². The minimum atomic E-state index is 0. The molecule has 0 spiro atoms. The minimum absolute atomic E-state index is 0. The maximum Gasteiger partial charge on any atom is 0.0431 e. The number of rotatable bonds is 6. The van der Waals surface area contributed by atoms with Crippen molar-refractivity contribution < 1.29 is 5.11 Å². The van der Waals surface area contributed by atoms with E-state index in [0.29, 0.717) is 6.61 Å². The average molecular weight is 144 g/mol. The van der Waals surface area contributed by atoms with Gasteiger partial charge in [-0.25, -0.2) is 0 Å². The lowest BCUT2D eigenvalue weighted by molar-refractivity contribution is 0.282. The molecule has 3 radical (unpaired) electrons. The van der Waals surface area contributed by atoms with Crippen LogP contribution in [-0.2, 0) is 0 Å². The molecule has 1 N–H and O–H groups in total. The van der Waals surface area contributed by atoms with Gasteiger partial charge < -0.3 is 5.11 Å². The molecule has 0 aliphatic heterocycles. The van der Waals surface area contributed by atoms with E-state index >= 15 is 0 Å². The molecule has 0 aliphatic carbocycles. The van der Waals surface area contributed by atoms with Gasteiger partial charge in [-0.3, -0.25) is 0 Å². The maximum atomic E-state index is 8.42. The van der Waals surface area contributed by atoms with Crippen LogP contribution in [0.5, 0.6) is 0 Å². The molecule has 0 aromatic carbocycles. The van der Waals surface area contributed by atoms with E-state index < -0.39 is 0 Å². The van der Waals surface area contributed by atoms with Crippen LogP contribution in [0, 0.1) is 0 Å². The summed E-state index contributed by atoms with van der Waals surface area (Å²) in [7, 11) is 0. The smallest absolute Gasteiger partial charge is 0.0431 e. The first-order valence-electron chi connectivity index (χ1n) is 4.02. The van der Waals surface area contributed by atoms with Crippen molar-refractivity contribution in [3.05, 3.63) is 0 Å². The lowest BCUT2D eigenvalue weighted by Crippen LogP contribution is -1.82. The summed E-state index contributed by atoms with van der Waals surface area (Å²) in [6, 6.07) is 0. The van der Waals surface area contributed by atoms with Crippen LogP contribution in [0.2, 0.25) is 0 Å². The molecule has 0 bridgehead atoms. The summed E-state index contributed by atoms with van der Waals surface area (Å²) in [5, 5.41) is 8.42. The normalized spacial score (nSPS) is 9.00. The quantitative estimate of drug-likeness (QED) is 0.568. The Morgan fingerprint density at radius 2 is 1.40 bits per heavy atom. The SMILES string of the molecule is CCCCCCCCO.[N]. The van der Waals surface area contributed by atoms with Crippen molar-refractivity contribution in [2.75, 3.05) is 6.61 Å². The van der Waals surface area contributed by atoms with Crippen molar-refractivity contribution in [2.24, 2.45) is 0 Å². The van der Waals surface area contributed by atoms with Gasteiger partial charge >= 0.3 is 0 Å². The molecule has 2 heteroatoms. The zero-order valence-electron chi connectivity index (χ0n) is 6.84. The third-order valence-electron chi connectivity index (χ3n) is 1.51. The molecule has 0 aromatic heterocycles. The Morgan fingerprint density at radius 1 is 0.900 bits per heavy atom. The van der Waals surface area contributed by atoms with E-state index in [4.69, 9.17) is 5.11 Å². The Balaban J connectivity index is 0. The van der Waals surface area contributed by atoms with Crippen molar-refractivity contribution in [3.8, 4) is 0 Å². The van der Waals surface area contributed by atoms with Gasteiger partial charge in [-0.1, -0.05) is 39.0 Å². The van der Waals surface area contributed by atoms with E-state index in [-0.39, 0.29) is 6.15 Å². The molecule has 0 unspecified atom stereocenters. The van der Waals surface area contributed by atoms with Gasteiger partial charge in [-0.05, 0) is 6.42 Å². The maximum absolute atomic E-state index is 8.42. The number of hydrogen-bond acceptors (Lipinski definition) is 1. The van der Waals surface area contributed by atoms with Gasteiger partial charge in [0.1, 0.15) is 0 Å². The van der Waals surface area contributed by atoms with Gasteiger partial charge in [0, 0.05) is 12.8 Å². The fraction of sp³-hybridized carbons (Fsp3) is 1.00. The Morgan fingerprint density at radius 3 is 1.90 bits per heavy atom. The van der Waals surface area contributed by atoms with E-state index in [2.05, 4.69) is 6.92 Å². The van der Waals surface area contributed by atoms with Gasteiger partial charge in [0.25, 0.3) is 0 Å². The van der Waals surface area contributed by atoms with E-state index in [9.17, 15) is 0 Å². The van der Waals surface area contributed by atoms with E-state index in [1.165, 1.54) is 32.1 Å². The summed E-state index contributed by atoms with van der Waals surface area (Å²) in [5.74, 6) is 0. The number of nitrogens with zero attached hydrogens (tertiary/aromatic N) is 1. The third kappa shape index (κ3) is 10.8. The molecule has 0 atom stereocenters. The third-order valence-corrected chi connectivity index (χ3v) is 1.51. The van der Waals surface area contributed by atoms with Crippen LogP contribution in [0.1, 0.15) is 45.4 Å². The highest BCUT2D eigenvalue weighted by molar-refractivity contribution is 4.41. The predicted molar refractivity (Wildman–Crippen MR) is 42.6 cm³/mol. The summed E-state index contributed by atoms with van der Waals surface area (Å²) >= 11 is 0. The second-order valence-electron chi connectivity index (χ2n) is 2.49. The lowest BCUT2D eigenvalue weighted by Gasteiger charge is -1.95. The number of aliphatic hydroxyl groups is 1. The fourth-order valence-electron chi connectivity index (χ4n) is 0.892. The molecule has 0 heterocycles. The molecule has 0 amide bonds. The monoisotopic (exact) mass is 144 g/mol. The Bertz CT molecular complexity index is 42.5. The van der Waals surface area contributed by atoms with Crippen LogP contribution in [0.15, 0.2) is 0 Å². The van der Waals surface area contributed by atoms with Crippen molar-refractivity contribution in [2.45, 2.75) is 45.4 Å². The van der Waals surface area contributed by atoms with Crippen molar-refractivity contribution >= 4 is 0 Å². The topological polar surface area (TPSA) is 50.7 Å². The first kappa shape index (κ1) is 12.6. The van der Waals surface area contributed by atoms with Crippen LogP contribution in [0.25, 0.3) is 0 Å². The zero-order chi connectivity index (χ0) is 6.95. The summed E-state index contributed by atoms with van der Waals surface area (Å²) < 4.78 is 0. The standard InChI is InChI=1S/C8H18O.N/c1-2-3-4-5-6-7-8-9;/h9H,2-8H2,1H3;. The lowest BCUT2D eigenvalue weighted by atomic mass is 10.1. The highest BCUT2D eigenvalue weighted by Gasteiger charge is 1.86. The van der Waals surface area contributed by atoms with Crippen LogP contribution in [-0.4, -0.2) is 11.7 Å². The van der Waals surface area contributed by atoms with E-state index in [0.717, 1.165) is 6.42 Å². The second-order valence-corrected chi connectivity index (χ2v) is 2.49. The van der Waals surface area contributed by atoms with E-state index in [1.54, 1.807) is 0 Å². The average Bonchev–Trinajstić information content (AvgIpc) is 1.89. The Kier molecular flexibility index (Phi) is 14.7. The molecule has 2 nitrogen and oxygen atoms in total. The number of hydrogen-bond donors (Lipinski definition) is 1. The number of aliphatic hydroxyl groups excluding tert-OH is 1. The summed E-state index contributed by atoms with van der Waals surface area (Å²) in [6.45, 7) is 2.58. The van der Waals surface area contributed by atoms with Crippen LogP contribution < -0.4 is 6.15 Å².